The second-order valence-electron chi connectivity index (χ2n) is 7.18. The number of ether oxygens (including phenoxy) is 2. The molecule has 27 heavy (non-hydrogen) atoms. The minimum absolute atomic E-state index is 0.108. The molecule has 0 bridgehead atoms. The minimum atomic E-state index is -0.407. The molecule has 0 spiro atoms. The van der Waals surface area contributed by atoms with Gasteiger partial charge >= 0.3 is 5.97 Å². The molecule has 1 saturated carbocycles. The zero-order chi connectivity index (χ0) is 18.6. The lowest BCUT2D eigenvalue weighted by molar-refractivity contribution is -0.160. The number of esters is 1. The summed E-state index contributed by atoms with van der Waals surface area (Å²) < 4.78 is 11.1. The number of hydrogen-bond acceptors (Lipinski definition) is 5. The maximum Gasteiger partial charge on any atom is 0.310 e. The predicted molar refractivity (Wildman–Crippen MR) is 100 cm³/mol. The highest BCUT2D eigenvalue weighted by Crippen LogP contribution is 2.28. The van der Waals surface area contributed by atoms with Gasteiger partial charge in [-0.2, -0.15) is 0 Å². The third-order valence-electron chi connectivity index (χ3n) is 5.46. The van der Waals surface area contributed by atoms with Crippen molar-refractivity contribution in [2.45, 2.75) is 44.2 Å². The standard InChI is InChI=1S/C21H24N2O4/c24-19(23-11-12-26-18-9-2-1-8-17(18)23)14-27-20(25)13-16-6-3-5-15-7-4-10-22-21(15)16/h3-7,10,17-18H,1-2,8-9,11-14H2. The van der Waals surface area contributed by atoms with Crippen LogP contribution in [-0.4, -0.2) is 53.7 Å². The number of fused-ring (bicyclic) bond motifs is 2. The fourth-order valence-electron chi connectivity index (χ4n) is 4.15. The van der Waals surface area contributed by atoms with E-state index in [0.717, 1.165) is 42.1 Å². The zero-order valence-corrected chi connectivity index (χ0v) is 15.3. The number of para-hydroxylation sites is 1. The molecule has 6 nitrogen and oxygen atoms in total. The van der Waals surface area contributed by atoms with E-state index in [2.05, 4.69) is 4.98 Å². The van der Waals surface area contributed by atoms with Gasteiger partial charge in [-0.25, -0.2) is 0 Å². The van der Waals surface area contributed by atoms with E-state index in [1.165, 1.54) is 0 Å². The molecule has 1 aromatic heterocycles. The van der Waals surface area contributed by atoms with E-state index >= 15 is 0 Å². The number of carbonyl (C=O) groups is 2. The van der Waals surface area contributed by atoms with Crippen LogP contribution in [0.3, 0.4) is 0 Å². The van der Waals surface area contributed by atoms with Gasteiger partial charge in [0.05, 0.1) is 30.7 Å². The third-order valence-corrected chi connectivity index (χ3v) is 5.46. The number of carbonyl (C=O) groups excluding carboxylic acids is 2. The van der Waals surface area contributed by atoms with Crippen LogP contribution in [0.1, 0.15) is 31.2 Å². The van der Waals surface area contributed by atoms with Gasteiger partial charge in [0, 0.05) is 18.1 Å². The summed E-state index contributed by atoms with van der Waals surface area (Å²) >= 11 is 0. The van der Waals surface area contributed by atoms with E-state index in [0.29, 0.717) is 13.2 Å². The SMILES string of the molecule is O=C(Cc1cccc2cccnc12)OCC(=O)N1CCOC2CCCCC21. The van der Waals surface area contributed by atoms with Crippen molar-refractivity contribution in [2.24, 2.45) is 0 Å². The Kier molecular flexibility index (Phi) is 5.34. The molecule has 142 valence electrons. The lowest BCUT2D eigenvalue weighted by atomic mass is 9.90. The van der Waals surface area contributed by atoms with Gasteiger partial charge in [-0.3, -0.25) is 14.6 Å². The molecule has 0 N–H and O–H groups in total. The van der Waals surface area contributed by atoms with Crippen LogP contribution in [0.4, 0.5) is 0 Å². The van der Waals surface area contributed by atoms with Crippen molar-refractivity contribution in [1.29, 1.82) is 0 Å². The Morgan fingerprint density at radius 1 is 1.19 bits per heavy atom. The van der Waals surface area contributed by atoms with Crippen molar-refractivity contribution in [2.75, 3.05) is 19.8 Å². The monoisotopic (exact) mass is 368 g/mol. The molecule has 2 unspecified atom stereocenters. The lowest BCUT2D eigenvalue weighted by Crippen LogP contribution is -2.55. The molecule has 4 rings (SSSR count). The van der Waals surface area contributed by atoms with Crippen molar-refractivity contribution in [3.63, 3.8) is 0 Å². The molecule has 2 fully saturated rings. The molecule has 2 heterocycles. The van der Waals surface area contributed by atoms with E-state index in [-0.39, 0.29) is 31.1 Å². The van der Waals surface area contributed by atoms with Gasteiger partial charge in [-0.15, -0.1) is 0 Å². The van der Waals surface area contributed by atoms with Crippen molar-refractivity contribution >= 4 is 22.8 Å². The van der Waals surface area contributed by atoms with Gasteiger partial charge in [0.15, 0.2) is 6.61 Å². The first-order valence-corrected chi connectivity index (χ1v) is 9.62. The van der Waals surface area contributed by atoms with Crippen LogP contribution in [0.2, 0.25) is 0 Å². The quantitative estimate of drug-likeness (QED) is 0.776. The predicted octanol–water partition coefficient (Wildman–Crippen LogP) is 2.49. The van der Waals surface area contributed by atoms with Crippen LogP contribution in [0.5, 0.6) is 0 Å². The first-order valence-electron chi connectivity index (χ1n) is 9.62. The Hall–Kier alpha value is -2.47. The summed E-state index contributed by atoms with van der Waals surface area (Å²) in [7, 11) is 0. The van der Waals surface area contributed by atoms with E-state index in [1.807, 2.05) is 35.2 Å². The summed E-state index contributed by atoms with van der Waals surface area (Å²) in [5.41, 5.74) is 1.60. The van der Waals surface area contributed by atoms with E-state index < -0.39 is 5.97 Å². The molecule has 1 aromatic carbocycles. The summed E-state index contributed by atoms with van der Waals surface area (Å²) in [4.78, 5) is 31.1. The van der Waals surface area contributed by atoms with Crippen molar-refractivity contribution in [1.82, 2.24) is 9.88 Å². The smallest absolute Gasteiger partial charge is 0.310 e. The molecule has 1 amide bonds. The van der Waals surface area contributed by atoms with Gasteiger partial charge in [-0.1, -0.05) is 37.1 Å². The second kappa shape index (κ2) is 8.05. The molecule has 2 aliphatic rings. The highest BCUT2D eigenvalue weighted by atomic mass is 16.5. The largest absolute Gasteiger partial charge is 0.455 e. The number of amides is 1. The Morgan fingerprint density at radius 2 is 2.04 bits per heavy atom. The Labute approximate surface area is 158 Å². The number of nitrogens with zero attached hydrogens (tertiary/aromatic N) is 2. The highest BCUT2D eigenvalue weighted by Gasteiger charge is 2.36. The van der Waals surface area contributed by atoms with E-state index in [1.54, 1.807) is 6.20 Å². The van der Waals surface area contributed by atoms with Crippen LogP contribution in [0.15, 0.2) is 36.5 Å². The average Bonchev–Trinajstić information content (AvgIpc) is 2.72. The van der Waals surface area contributed by atoms with Gasteiger partial charge in [0.1, 0.15) is 0 Å². The van der Waals surface area contributed by atoms with E-state index in [4.69, 9.17) is 9.47 Å². The normalized spacial score (nSPS) is 22.3. The first-order chi connectivity index (χ1) is 13.2. The van der Waals surface area contributed by atoms with Gasteiger partial charge < -0.3 is 14.4 Å². The van der Waals surface area contributed by atoms with Crippen LogP contribution in [-0.2, 0) is 25.5 Å². The van der Waals surface area contributed by atoms with Crippen LogP contribution in [0.25, 0.3) is 10.9 Å². The second-order valence-corrected chi connectivity index (χ2v) is 7.18. The summed E-state index contributed by atoms with van der Waals surface area (Å²) in [6.07, 6.45) is 6.18. The van der Waals surface area contributed by atoms with Crippen LogP contribution >= 0.6 is 0 Å². The molecule has 2 aromatic rings. The lowest BCUT2D eigenvalue weighted by Gasteiger charge is -2.43. The zero-order valence-electron chi connectivity index (χ0n) is 15.3. The number of benzene rings is 1. The topological polar surface area (TPSA) is 68.7 Å². The summed E-state index contributed by atoms with van der Waals surface area (Å²) in [5, 5.41) is 0.982. The first kappa shape index (κ1) is 17.9. The number of rotatable bonds is 4. The molecule has 1 aliphatic carbocycles. The molecule has 1 saturated heterocycles. The number of morpholine rings is 1. The summed E-state index contributed by atoms with van der Waals surface area (Å²) in [6.45, 7) is 0.924. The van der Waals surface area contributed by atoms with Gasteiger partial charge in [0.25, 0.3) is 5.91 Å². The summed E-state index contributed by atoms with van der Waals surface area (Å²) in [5.74, 6) is -0.533. The third kappa shape index (κ3) is 3.95. The summed E-state index contributed by atoms with van der Waals surface area (Å²) in [6, 6.07) is 9.67. The number of pyridine rings is 1. The van der Waals surface area contributed by atoms with Gasteiger partial charge in [0.2, 0.25) is 0 Å². The maximum atomic E-state index is 12.6. The van der Waals surface area contributed by atoms with Crippen molar-refractivity contribution in [3.8, 4) is 0 Å². The van der Waals surface area contributed by atoms with Crippen LogP contribution < -0.4 is 0 Å². The van der Waals surface area contributed by atoms with Crippen LogP contribution in [0, 0.1) is 0 Å². The minimum Gasteiger partial charge on any atom is -0.455 e. The van der Waals surface area contributed by atoms with Crippen molar-refractivity contribution in [3.05, 3.63) is 42.1 Å². The Bertz CT molecular complexity index is 831. The maximum absolute atomic E-state index is 12.6. The molecule has 1 aliphatic heterocycles. The van der Waals surface area contributed by atoms with Crippen molar-refractivity contribution < 1.29 is 19.1 Å². The Balaban J connectivity index is 1.35. The number of hydrogen-bond donors (Lipinski definition) is 0. The average molecular weight is 368 g/mol. The molecular weight excluding hydrogens is 344 g/mol. The fourth-order valence-corrected chi connectivity index (χ4v) is 4.15. The fraction of sp³-hybridized carbons (Fsp3) is 0.476. The number of aromatic nitrogens is 1. The molecule has 2 atom stereocenters. The van der Waals surface area contributed by atoms with E-state index in [9.17, 15) is 9.59 Å². The molecule has 6 heteroatoms. The van der Waals surface area contributed by atoms with Gasteiger partial charge in [-0.05, 0) is 24.5 Å². The molecule has 0 radical (unpaired) electrons. The molecular formula is C21H24N2O4. The highest BCUT2D eigenvalue weighted by molar-refractivity contribution is 5.87. The Morgan fingerprint density at radius 3 is 2.96 bits per heavy atom.